The van der Waals surface area contributed by atoms with Crippen LogP contribution in [-0.4, -0.2) is 22.6 Å². The van der Waals surface area contributed by atoms with Crippen molar-refractivity contribution < 1.29 is 4.79 Å². The highest BCUT2D eigenvalue weighted by Gasteiger charge is 2.19. The molecule has 0 saturated heterocycles. The molecule has 19 heavy (non-hydrogen) atoms. The predicted octanol–water partition coefficient (Wildman–Crippen LogP) is 2.19. The first-order valence-electron chi connectivity index (χ1n) is 6.53. The van der Waals surface area contributed by atoms with Gasteiger partial charge in [-0.25, -0.2) is 0 Å². The predicted molar refractivity (Wildman–Crippen MR) is 76.1 cm³/mol. The van der Waals surface area contributed by atoms with Crippen molar-refractivity contribution in [2.75, 3.05) is 12.3 Å². The molecule has 100 valence electrons. The summed E-state index contributed by atoms with van der Waals surface area (Å²) in [7, 11) is 0. The van der Waals surface area contributed by atoms with Gasteiger partial charge in [-0.15, -0.1) is 16.4 Å². The summed E-state index contributed by atoms with van der Waals surface area (Å²) in [6.45, 7) is 0.725. The van der Waals surface area contributed by atoms with Crippen LogP contribution in [0, 0.1) is 5.92 Å². The molecule has 1 aliphatic carbocycles. The van der Waals surface area contributed by atoms with Crippen LogP contribution in [0.3, 0.4) is 0 Å². The van der Waals surface area contributed by atoms with E-state index >= 15 is 0 Å². The molecule has 0 spiro atoms. The van der Waals surface area contributed by atoms with Crippen LogP contribution in [0.1, 0.15) is 35.4 Å². The number of nitrogens with one attached hydrogen (secondary N) is 1. The minimum atomic E-state index is -0.0974. The number of aromatic nitrogens is 2. The van der Waals surface area contributed by atoms with E-state index in [4.69, 9.17) is 5.73 Å². The largest absolute Gasteiger partial charge is 0.397 e. The van der Waals surface area contributed by atoms with Crippen molar-refractivity contribution in [1.29, 1.82) is 0 Å². The van der Waals surface area contributed by atoms with E-state index < -0.39 is 0 Å². The summed E-state index contributed by atoms with van der Waals surface area (Å²) in [4.78, 5) is 13.4. The van der Waals surface area contributed by atoms with E-state index in [9.17, 15) is 4.79 Å². The van der Waals surface area contributed by atoms with Gasteiger partial charge in [0.2, 0.25) is 0 Å². The van der Waals surface area contributed by atoms with Crippen molar-refractivity contribution in [2.24, 2.45) is 5.92 Å². The molecule has 0 radical (unpaired) electrons. The van der Waals surface area contributed by atoms with Gasteiger partial charge in [-0.2, -0.15) is 5.10 Å². The Morgan fingerprint density at radius 2 is 2.37 bits per heavy atom. The summed E-state index contributed by atoms with van der Waals surface area (Å²) < 4.78 is 0. The lowest BCUT2D eigenvalue weighted by atomic mass is 9.83. The molecular weight excluding hydrogens is 260 g/mol. The summed E-state index contributed by atoms with van der Waals surface area (Å²) in [6, 6.07) is 1.79. The molecule has 6 heteroatoms. The van der Waals surface area contributed by atoms with Gasteiger partial charge < -0.3 is 11.1 Å². The van der Waals surface area contributed by atoms with Crippen molar-refractivity contribution in [3.63, 3.8) is 0 Å². The van der Waals surface area contributed by atoms with Gasteiger partial charge in [0.1, 0.15) is 9.71 Å². The molecule has 0 bridgehead atoms. The van der Waals surface area contributed by atoms with Crippen LogP contribution in [0.2, 0.25) is 0 Å². The molecule has 0 aromatic carbocycles. The highest BCUT2D eigenvalue weighted by atomic mass is 32.1. The molecule has 1 aliphatic rings. The number of hydrogen-bond donors (Lipinski definition) is 2. The molecule has 3 N–H and O–H groups in total. The normalized spacial score (nSPS) is 15.4. The van der Waals surface area contributed by atoms with Gasteiger partial charge in [-0.05, 0) is 18.4 Å². The average molecular weight is 276 g/mol. The maximum Gasteiger partial charge on any atom is 0.263 e. The number of nitrogen functional groups attached to an aromatic ring is 1. The van der Waals surface area contributed by atoms with Gasteiger partial charge in [0.25, 0.3) is 5.91 Å². The van der Waals surface area contributed by atoms with E-state index in [-0.39, 0.29) is 5.91 Å². The molecule has 1 fully saturated rings. The number of nitrogens with two attached hydrogens (primary N) is 1. The quantitative estimate of drug-likeness (QED) is 0.897. The lowest BCUT2D eigenvalue weighted by Gasteiger charge is -2.25. The molecule has 5 nitrogen and oxygen atoms in total. The number of carbonyl (C=O) groups is 1. The van der Waals surface area contributed by atoms with E-state index in [1.165, 1.54) is 30.6 Å². The second-order valence-electron chi connectivity index (χ2n) is 4.94. The number of anilines is 1. The summed E-state index contributed by atoms with van der Waals surface area (Å²) >= 11 is 1.30. The third-order valence-corrected chi connectivity index (χ3v) is 4.79. The van der Waals surface area contributed by atoms with Crippen LogP contribution in [0.15, 0.2) is 12.3 Å². The SMILES string of the molecule is Nc1c(C(=O)NCCC2CCC2)sc2nnccc12. The van der Waals surface area contributed by atoms with E-state index in [0.29, 0.717) is 15.4 Å². The highest BCUT2D eigenvalue weighted by molar-refractivity contribution is 7.21. The maximum absolute atomic E-state index is 12.1. The number of rotatable bonds is 4. The summed E-state index contributed by atoms with van der Waals surface area (Å²) in [5.41, 5.74) is 6.50. The van der Waals surface area contributed by atoms with Gasteiger partial charge in [-0.3, -0.25) is 4.79 Å². The van der Waals surface area contributed by atoms with Crippen LogP contribution in [-0.2, 0) is 0 Å². The van der Waals surface area contributed by atoms with Crippen molar-refractivity contribution in [3.8, 4) is 0 Å². The lowest BCUT2D eigenvalue weighted by molar-refractivity contribution is 0.0954. The molecule has 0 atom stereocenters. The first kappa shape index (κ1) is 12.3. The lowest BCUT2D eigenvalue weighted by Crippen LogP contribution is -2.27. The Hall–Kier alpha value is -1.69. The Bertz CT molecular complexity index is 606. The minimum absolute atomic E-state index is 0.0974. The van der Waals surface area contributed by atoms with Gasteiger partial charge in [0.05, 0.1) is 11.9 Å². The van der Waals surface area contributed by atoms with Gasteiger partial charge in [0.15, 0.2) is 0 Å². The van der Waals surface area contributed by atoms with Crippen molar-refractivity contribution in [3.05, 3.63) is 17.1 Å². The molecule has 3 rings (SSSR count). The monoisotopic (exact) mass is 276 g/mol. The Kier molecular flexibility index (Phi) is 3.33. The molecule has 0 unspecified atom stereocenters. The number of carbonyl (C=O) groups excluding carboxylic acids is 1. The fourth-order valence-corrected chi connectivity index (χ4v) is 3.25. The third kappa shape index (κ3) is 2.40. The fraction of sp³-hybridized carbons (Fsp3) is 0.462. The second-order valence-corrected chi connectivity index (χ2v) is 5.94. The standard InChI is InChI=1S/C13H16N4OS/c14-10-9-5-7-16-17-13(9)19-11(10)12(18)15-6-4-8-2-1-3-8/h5,7-8H,1-4,6,14H2,(H,15,18). The summed E-state index contributed by atoms with van der Waals surface area (Å²) in [5.74, 6) is 0.700. The molecular formula is C13H16N4OS. The van der Waals surface area contributed by atoms with E-state index in [1.54, 1.807) is 12.3 Å². The number of hydrogen-bond acceptors (Lipinski definition) is 5. The second kappa shape index (κ2) is 5.13. The van der Waals surface area contributed by atoms with Crippen LogP contribution in [0.4, 0.5) is 5.69 Å². The third-order valence-electron chi connectivity index (χ3n) is 3.69. The molecule has 2 aromatic rings. The zero-order valence-electron chi connectivity index (χ0n) is 10.6. The Morgan fingerprint density at radius 1 is 1.53 bits per heavy atom. The summed E-state index contributed by atoms with van der Waals surface area (Å²) in [6.07, 6.45) is 6.59. The van der Waals surface area contributed by atoms with Crippen molar-refractivity contribution in [1.82, 2.24) is 15.5 Å². The Morgan fingerprint density at radius 3 is 3.05 bits per heavy atom. The molecule has 2 aromatic heterocycles. The van der Waals surface area contributed by atoms with Gasteiger partial charge in [-0.1, -0.05) is 19.3 Å². The number of amides is 1. The fourth-order valence-electron chi connectivity index (χ4n) is 2.29. The zero-order chi connectivity index (χ0) is 13.2. The molecule has 0 aliphatic heterocycles. The van der Waals surface area contributed by atoms with E-state index in [0.717, 1.165) is 24.3 Å². The van der Waals surface area contributed by atoms with Crippen LogP contribution in [0.25, 0.3) is 10.2 Å². The highest BCUT2D eigenvalue weighted by Crippen LogP contribution is 2.32. The first-order valence-corrected chi connectivity index (χ1v) is 7.35. The average Bonchev–Trinajstić information content (AvgIpc) is 2.70. The smallest absolute Gasteiger partial charge is 0.263 e. The van der Waals surface area contributed by atoms with Crippen molar-refractivity contribution >= 4 is 33.1 Å². The van der Waals surface area contributed by atoms with Gasteiger partial charge in [0, 0.05) is 11.9 Å². The first-order chi connectivity index (χ1) is 9.25. The van der Waals surface area contributed by atoms with Crippen LogP contribution in [0.5, 0.6) is 0 Å². The Labute approximate surface area is 115 Å². The number of nitrogens with zero attached hydrogens (tertiary/aromatic N) is 2. The van der Waals surface area contributed by atoms with Crippen molar-refractivity contribution in [2.45, 2.75) is 25.7 Å². The molecule has 1 saturated carbocycles. The molecule has 2 heterocycles. The van der Waals surface area contributed by atoms with Crippen LogP contribution >= 0.6 is 11.3 Å². The number of thiophene rings is 1. The molecule has 1 amide bonds. The topological polar surface area (TPSA) is 80.9 Å². The number of fused-ring (bicyclic) bond motifs is 1. The van der Waals surface area contributed by atoms with E-state index in [1.807, 2.05) is 0 Å². The zero-order valence-corrected chi connectivity index (χ0v) is 11.4. The van der Waals surface area contributed by atoms with Crippen LogP contribution < -0.4 is 11.1 Å². The Balaban J connectivity index is 1.68. The summed E-state index contributed by atoms with van der Waals surface area (Å²) in [5, 5.41) is 11.5. The van der Waals surface area contributed by atoms with E-state index in [2.05, 4.69) is 15.5 Å². The maximum atomic E-state index is 12.1. The minimum Gasteiger partial charge on any atom is -0.397 e. The van der Waals surface area contributed by atoms with Gasteiger partial charge >= 0.3 is 0 Å².